The average Bonchev–Trinajstić information content (AvgIpc) is 3.00. The lowest BCUT2D eigenvalue weighted by atomic mass is 10.4. The Morgan fingerprint density at radius 3 is 2.84 bits per heavy atom. The average molecular weight is 277 g/mol. The van der Waals surface area contributed by atoms with E-state index < -0.39 is 0 Å². The molecule has 0 aromatic carbocycles. The van der Waals surface area contributed by atoms with Crippen molar-refractivity contribution in [1.82, 2.24) is 24.5 Å². The van der Waals surface area contributed by atoms with Crippen molar-refractivity contribution < 1.29 is 4.52 Å². The number of aryl methyl sites for hydroxylation is 3. The molecule has 100 valence electrons. The van der Waals surface area contributed by atoms with Gasteiger partial charge in [0.1, 0.15) is 5.52 Å². The van der Waals surface area contributed by atoms with Crippen molar-refractivity contribution >= 4 is 23.4 Å². The molecule has 3 aromatic heterocycles. The van der Waals surface area contributed by atoms with Crippen LogP contribution in [-0.4, -0.2) is 24.5 Å². The molecule has 0 aliphatic carbocycles. The Labute approximate surface area is 115 Å². The molecule has 0 saturated carbocycles. The van der Waals surface area contributed by atoms with E-state index in [1.165, 1.54) is 0 Å². The topological polar surface area (TPSA) is 64.6 Å². The maximum Gasteiger partial charge on any atom is 0.179 e. The molecule has 0 spiro atoms. The minimum atomic E-state index is 0.560. The lowest BCUT2D eigenvalue weighted by molar-refractivity contribution is 0.373. The number of aromatic amines is 1. The van der Waals surface area contributed by atoms with Crippen molar-refractivity contribution in [3.8, 4) is 0 Å². The smallest absolute Gasteiger partial charge is 0.179 e. The molecule has 0 aliphatic heterocycles. The molecule has 0 aliphatic rings. The van der Waals surface area contributed by atoms with Crippen LogP contribution in [0.2, 0.25) is 0 Å². The van der Waals surface area contributed by atoms with Crippen molar-refractivity contribution in [2.24, 2.45) is 0 Å². The van der Waals surface area contributed by atoms with Gasteiger partial charge in [0, 0.05) is 12.6 Å². The molecule has 1 N–H and O–H groups in total. The van der Waals surface area contributed by atoms with Crippen LogP contribution in [0.25, 0.3) is 11.2 Å². The van der Waals surface area contributed by atoms with Gasteiger partial charge in [0.05, 0.1) is 17.9 Å². The number of fused-ring (bicyclic) bond motifs is 1. The van der Waals surface area contributed by atoms with Gasteiger partial charge in [-0.15, -0.1) is 0 Å². The minimum Gasteiger partial charge on any atom is -0.359 e. The molecule has 0 fully saturated rings. The Morgan fingerprint density at radius 2 is 2.21 bits per heavy atom. The monoisotopic (exact) mass is 277 g/mol. The number of H-pyrrole nitrogens is 1. The molecular formula is C12H15N5OS. The number of aromatic nitrogens is 5. The van der Waals surface area contributed by atoms with Gasteiger partial charge in [-0.3, -0.25) is 4.57 Å². The fourth-order valence-corrected chi connectivity index (χ4v) is 2.53. The molecule has 3 rings (SSSR count). The first-order valence-electron chi connectivity index (χ1n) is 6.18. The van der Waals surface area contributed by atoms with E-state index in [0.717, 1.165) is 34.9 Å². The second-order valence-corrected chi connectivity index (χ2v) is 4.94. The van der Waals surface area contributed by atoms with Crippen molar-refractivity contribution in [2.75, 3.05) is 0 Å². The predicted molar refractivity (Wildman–Crippen MR) is 73.7 cm³/mol. The summed E-state index contributed by atoms with van der Waals surface area (Å²) in [6.07, 6.45) is 0. The van der Waals surface area contributed by atoms with Gasteiger partial charge in [-0.2, -0.15) is 5.10 Å². The highest BCUT2D eigenvalue weighted by molar-refractivity contribution is 7.71. The number of rotatable bonds is 3. The van der Waals surface area contributed by atoms with Crippen LogP contribution in [0.15, 0.2) is 10.6 Å². The van der Waals surface area contributed by atoms with E-state index in [0.29, 0.717) is 11.3 Å². The lowest BCUT2D eigenvalue weighted by Crippen LogP contribution is -2.05. The van der Waals surface area contributed by atoms with Gasteiger partial charge in [0.15, 0.2) is 16.2 Å². The second kappa shape index (κ2) is 4.34. The molecule has 0 atom stereocenters. The Hall–Kier alpha value is -1.89. The van der Waals surface area contributed by atoms with E-state index in [-0.39, 0.29) is 0 Å². The van der Waals surface area contributed by atoms with E-state index in [2.05, 4.69) is 22.2 Å². The fraction of sp³-hybridized carbons (Fsp3) is 0.417. The number of hydrogen-bond acceptors (Lipinski definition) is 4. The Bertz CT molecular complexity index is 791. The van der Waals surface area contributed by atoms with E-state index in [9.17, 15) is 0 Å². The lowest BCUT2D eigenvalue weighted by Gasteiger charge is -2.03. The van der Waals surface area contributed by atoms with Crippen LogP contribution in [0.3, 0.4) is 0 Å². The summed E-state index contributed by atoms with van der Waals surface area (Å²) in [5.41, 5.74) is 3.81. The van der Waals surface area contributed by atoms with Crippen LogP contribution < -0.4 is 0 Å². The highest BCUT2D eigenvalue weighted by Gasteiger charge is 2.15. The standard InChI is InChI=1S/C12H15N5OS/c1-4-17-11-10(8(3)14-17)13-12(19)16(11)6-9-5-7(2)15-18-9/h5H,4,6H2,1-3H3,(H,13,19). The van der Waals surface area contributed by atoms with Gasteiger partial charge in [0.2, 0.25) is 0 Å². The number of nitrogens with one attached hydrogen (secondary N) is 1. The molecule has 7 heteroatoms. The molecule has 19 heavy (non-hydrogen) atoms. The molecule has 0 bridgehead atoms. The first kappa shape index (κ1) is 12.2. The molecule has 0 radical (unpaired) electrons. The molecule has 3 heterocycles. The maximum absolute atomic E-state index is 5.38. The largest absolute Gasteiger partial charge is 0.359 e. The first-order valence-corrected chi connectivity index (χ1v) is 6.59. The molecule has 6 nitrogen and oxygen atoms in total. The number of nitrogens with zero attached hydrogens (tertiary/aromatic N) is 4. The van der Waals surface area contributed by atoms with Gasteiger partial charge >= 0.3 is 0 Å². The Morgan fingerprint density at radius 1 is 1.42 bits per heavy atom. The third-order valence-corrected chi connectivity index (χ3v) is 3.45. The van der Waals surface area contributed by atoms with Gasteiger partial charge in [0.25, 0.3) is 0 Å². The summed E-state index contributed by atoms with van der Waals surface area (Å²) in [4.78, 5) is 3.21. The fourth-order valence-electron chi connectivity index (χ4n) is 2.27. The molecule has 0 saturated heterocycles. The summed E-state index contributed by atoms with van der Waals surface area (Å²) >= 11 is 5.38. The number of hydrogen-bond donors (Lipinski definition) is 1. The SMILES string of the molecule is CCn1nc(C)c2[nH]c(=S)n(Cc3cc(C)no3)c21. The zero-order chi connectivity index (χ0) is 13.6. The summed E-state index contributed by atoms with van der Waals surface area (Å²) in [7, 11) is 0. The Kier molecular flexibility index (Phi) is 2.78. The zero-order valence-electron chi connectivity index (χ0n) is 11.1. The van der Waals surface area contributed by atoms with Crippen molar-refractivity contribution in [3.63, 3.8) is 0 Å². The Balaban J connectivity index is 2.17. The summed E-state index contributed by atoms with van der Waals surface area (Å²) < 4.78 is 9.87. The maximum atomic E-state index is 5.38. The summed E-state index contributed by atoms with van der Waals surface area (Å²) in [6, 6.07) is 1.92. The molecular weight excluding hydrogens is 262 g/mol. The first-order chi connectivity index (χ1) is 9.10. The van der Waals surface area contributed by atoms with Crippen LogP contribution >= 0.6 is 12.2 Å². The summed E-state index contributed by atoms with van der Waals surface area (Å²) in [5, 5.41) is 8.39. The predicted octanol–water partition coefficient (Wildman–Crippen LogP) is 2.57. The highest BCUT2D eigenvalue weighted by atomic mass is 32.1. The molecule has 3 aromatic rings. The van der Waals surface area contributed by atoms with Gasteiger partial charge in [-0.25, -0.2) is 4.68 Å². The van der Waals surface area contributed by atoms with Gasteiger partial charge in [-0.1, -0.05) is 5.16 Å². The van der Waals surface area contributed by atoms with Crippen LogP contribution in [0.5, 0.6) is 0 Å². The number of imidazole rings is 1. The third kappa shape index (κ3) is 1.90. The molecule has 0 unspecified atom stereocenters. The van der Waals surface area contributed by atoms with Gasteiger partial charge in [-0.05, 0) is 33.0 Å². The quantitative estimate of drug-likeness (QED) is 0.747. The van der Waals surface area contributed by atoms with Crippen molar-refractivity contribution in [3.05, 3.63) is 28.0 Å². The third-order valence-electron chi connectivity index (χ3n) is 3.12. The summed E-state index contributed by atoms with van der Waals surface area (Å²) in [6.45, 7) is 7.30. The molecule has 0 amide bonds. The van der Waals surface area contributed by atoms with Crippen LogP contribution in [-0.2, 0) is 13.1 Å². The van der Waals surface area contributed by atoms with E-state index in [4.69, 9.17) is 16.7 Å². The van der Waals surface area contributed by atoms with Crippen LogP contribution in [0.4, 0.5) is 0 Å². The van der Waals surface area contributed by atoms with Crippen molar-refractivity contribution in [1.29, 1.82) is 0 Å². The zero-order valence-corrected chi connectivity index (χ0v) is 11.9. The summed E-state index contributed by atoms with van der Waals surface area (Å²) in [5.74, 6) is 0.788. The van der Waals surface area contributed by atoms with Crippen molar-refractivity contribution in [2.45, 2.75) is 33.9 Å². The van der Waals surface area contributed by atoms with E-state index in [1.807, 2.05) is 29.2 Å². The van der Waals surface area contributed by atoms with Crippen LogP contribution in [0.1, 0.15) is 24.1 Å². The van der Waals surface area contributed by atoms with Gasteiger partial charge < -0.3 is 9.51 Å². The second-order valence-electron chi connectivity index (χ2n) is 4.55. The minimum absolute atomic E-state index is 0.560. The van der Waals surface area contributed by atoms with Crippen LogP contribution in [0, 0.1) is 18.6 Å². The highest BCUT2D eigenvalue weighted by Crippen LogP contribution is 2.19. The van der Waals surface area contributed by atoms with E-state index in [1.54, 1.807) is 0 Å². The van der Waals surface area contributed by atoms with E-state index >= 15 is 0 Å². The normalized spacial score (nSPS) is 11.5.